The van der Waals surface area contributed by atoms with Crippen LogP contribution in [0.15, 0.2) is 24.3 Å². The quantitative estimate of drug-likeness (QED) is 0.796. The summed E-state index contributed by atoms with van der Waals surface area (Å²) in [5.41, 5.74) is 8.20. The lowest BCUT2D eigenvalue weighted by atomic mass is 9.95. The Morgan fingerprint density at radius 3 is 2.53 bits per heavy atom. The monoisotopic (exact) mass is 207 g/mol. The molecule has 0 saturated heterocycles. The van der Waals surface area contributed by atoms with Crippen LogP contribution >= 0.6 is 0 Å². The first-order chi connectivity index (χ1) is 7.00. The van der Waals surface area contributed by atoms with Crippen LogP contribution in [0.2, 0.25) is 0 Å². The number of aliphatic hydroxyl groups excluding tert-OH is 1. The molecule has 2 nitrogen and oxygen atoms in total. The van der Waals surface area contributed by atoms with E-state index >= 15 is 0 Å². The zero-order valence-corrected chi connectivity index (χ0v) is 9.77. The molecule has 0 heterocycles. The topological polar surface area (TPSA) is 46.2 Å². The first-order valence-corrected chi connectivity index (χ1v) is 5.51. The molecule has 1 aromatic rings. The molecule has 1 rings (SSSR count). The molecule has 0 aliphatic heterocycles. The number of aryl methyl sites for hydroxylation is 1. The van der Waals surface area contributed by atoms with Gasteiger partial charge in [0, 0.05) is 0 Å². The third-order valence-corrected chi connectivity index (χ3v) is 2.55. The molecule has 2 heteroatoms. The Morgan fingerprint density at radius 2 is 2.00 bits per heavy atom. The van der Waals surface area contributed by atoms with E-state index in [1.165, 1.54) is 5.56 Å². The van der Waals surface area contributed by atoms with Gasteiger partial charge in [-0.1, -0.05) is 43.7 Å². The van der Waals surface area contributed by atoms with Gasteiger partial charge in [0.1, 0.15) is 0 Å². The average molecular weight is 207 g/mol. The van der Waals surface area contributed by atoms with Gasteiger partial charge in [0.15, 0.2) is 0 Å². The van der Waals surface area contributed by atoms with E-state index in [1.807, 2.05) is 31.2 Å². The van der Waals surface area contributed by atoms with Crippen molar-refractivity contribution in [1.29, 1.82) is 0 Å². The van der Waals surface area contributed by atoms with Crippen LogP contribution in [0.3, 0.4) is 0 Å². The van der Waals surface area contributed by atoms with Crippen LogP contribution in [-0.4, -0.2) is 11.2 Å². The second kappa shape index (κ2) is 5.29. The Balaban J connectivity index is 2.71. The predicted molar refractivity (Wildman–Crippen MR) is 63.6 cm³/mol. The lowest BCUT2D eigenvalue weighted by molar-refractivity contribution is 0.121. The molecule has 0 saturated carbocycles. The molecule has 0 radical (unpaired) electrons. The van der Waals surface area contributed by atoms with Gasteiger partial charge in [0.25, 0.3) is 0 Å². The summed E-state index contributed by atoms with van der Waals surface area (Å²) < 4.78 is 0. The molecular weight excluding hydrogens is 186 g/mol. The van der Waals surface area contributed by atoms with Crippen LogP contribution in [0.5, 0.6) is 0 Å². The molecule has 0 unspecified atom stereocenters. The molecule has 2 atom stereocenters. The van der Waals surface area contributed by atoms with Gasteiger partial charge in [-0.05, 0) is 24.8 Å². The summed E-state index contributed by atoms with van der Waals surface area (Å²) in [4.78, 5) is 0. The Hall–Kier alpha value is -0.860. The van der Waals surface area contributed by atoms with E-state index < -0.39 is 6.10 Å². The number of aliphatic hydroxyl groups is 1. The van der Waals surface area contributed by atoms with Crippen molar-refractivity contribution in [3.8, 4) is 0 Å². The Bertz CT molecular complexity index is 309. The normalized spacial score (nSPS) is 15.3. The molecule has 0 amide bonds. The minimum absolute atomic E-state index is 0.271. The molecular formula is C13H21NO. The highest BCUT2D eigenvalue weighted by atomic mass is 16.3. The third kappa shape index (κ3) is 3.65. The highest BCUT2D eigenvalue weighted by Crippen LogP contribution is 2.20. The second-order valence-electron chi connectivity index (χ2n) is 4.64. The molecule has 3 N–H and O–H groups in total. The van der Waals surface area contributed by atoms with Crippen molar-refractivity contribution in [3.63, 3.8) is 0 Å². The summed E-state index contributed by atoms with van der Waals surface area (Å²) in [7, 11) is 0. The van der Waals surface area contributed by atoms with E-state index in [1.54, 1.807) is 0 Å². The van der Waals surface area contributed by atoms with Crippen molar-refractivity contribution in [2.24, 2.45) is 11.7 Å². The standard InChI is InChI=1S/C13H21NO/c1-9(2)7-12(15)13(14)11-6-4-5-10(3)8-11/h4-6,8-9,12-13,15H,7,14H2,1-3H3/t12-,13+/m1/s1. The SMILES string of the molecule is Cc1cccc([C@H](N)[C@H](O)CC(C)C)c1. The van der Waals surface area contributed by atoms with Gasteiger partial charge in [-0.3, -0.25) is 0 Å². The van der Waals surface area contributed by atoms with E-state index in [0.717, 1.165) is 12.0 Å². The summed E-state index contributed by atoms with van der Waals surface area (Å²) in [6, 6.07) is 7.75. The molecule has 0 aliphatic carbocycles. The van der Waals surface area contributed by atoms with Crippen LogP contribution in [0.1, 0.15) is 37.4 Å². The van der Waals surface area contributed by atoms with Crippen molar-refractivity contribution in [3.05, 3.63) is 35.4 Å². The van der Waals surface area contributed by atoms with Crippen molar-refractivity contribution < 1.29 is 5.11 Å². The zero-order chi connectivity index (χ0) is 11.4. The minimum Gasteiger partial charge on any atom is -0.391 e. The number of rotatable bonds is 4. The van der Waals surface area contributed by atoms with Crippen LogP contribution in [-0.2, 0) is 0 Å². The largest absolute Gasteiger partial charge is 0.391 e. The van der Waals surface area contributed by atoms with Gasteiger partial charge < -0.3 is 10.8 Å². The van der Waals surface area contributed by atoms with Crippen LogP contribution < -0.4 is 5.73 Å². The van der Waals surface area contributed by atoms with E-state index in [-0.39, 0.29) is 6.04 Å². The van der Waals surface area contributed by atoms with Crippen LogP contribution in [0.25, 0.3) is 0 Å². The Morgan fingerprint density at radius 1 is 1.33 bits per heavy atom. The molecule has 0 aromatic heterocycles. The summed E-state index contributed by atoms with van der Waals surface area (Å²) in [6.07, 6.45) is 0.293. The third-order valence-electron chi connectivity index (χ3n) is 2.55. The summed E-state index contributed by atoms with van der Waals surface area (Å²) in [5.74, 6) is 0.468. The van der Waals surface area contributed by atoms with Crippen molar-refractivity contribution in [2.75, 3.05) is 0 Å². The van der Waals surface area contributed by atoms with Gasteiger partial charge >= 0.3 is 0 Å². The smallest absolute Gasteiger partial charge is 0.0735 e. The first-order valence-electron chi connectivity index (χ1n) is 5.51. The maximum atomic E-state index is 9.91. The van der Waals surface area contributed by atoms with Gasteiger partial charge in [-0.15, -0.1) is 0 Å². The Labute approximate surface area is 92.1 Å². The van der Waals surface area contributed by atoms with E-state index in [4.69, 9.17) is 5.73 Å². The lowest BCUT2D eigenvalue weighted by Gasteiger charge is -2.21. The lowest BCUT2D eigenvalue weighted by Crippen LogP contribution is -2.27. The molecule has 0 aliphatic rings. The second-order valence-corrected chi connectivity index (χ2v) is 4.64. The number of benzene rings is 1. The molecule has 0 fully saturated rings. The van der Waals surface area contributed by atoms with Crippen molar-refractivity contribution in [1.82, 2.24) is 0 Å². The first kappa shape index (κ1) is 12.2. The van der Waals surface area contributed by atoms with E-state index in [2.05, 4.69) is 13.8 Å². The fourth-order valence-corrected chi connectivity index (χ4v) is 1.73. The zero-order valence-electron chi connectivity index (χ0n) is 9.77. The minimum atomic E-state index is -0.452. The van der Waals surface area contributed by atoms with Gasteiger partial charge in [0.2, 0.25) is 0 Å². The van der Waals surface area contributed by atoms with Crippen molar-refractivity contribution in [2.45, 2.75) is 39.3 Å². The van der Waals surface area contributed by atoms with E-state index in [0.29, 0.717) is 5.92 Å². The number of hydrogen-bond donors (Lipinski definition) is 2. The fourth-order valence-electron chi connectivity index (χ4n) is 1.73. The predicted octanol–water partition coefficient (Wildman–Crippen LogP) is 2.40. The van der Waals surface area contributed by atoms with Gasteiger partial charge in [0.05, 0.1) is 12.1 Å². The van der Waals surface area contributed by atoms with E-state index in [9.17, 15) is 5.11 Å². The molecule has 0 spiro atoms. The van der Waals surface area contributed by atoms with Crippen molar-refractivity contribution >= 4 is 0 Å². The fraction of sp³-hybridized carbons (Fsp3) is 0.538. The molecule has 84 valence electrons. The summed E-state index contributed by atoms with van der Waals surface area (Å²) in [6.45, 7) is 6.21. The van der Waals surface area contributed by atoms with Gasteiger partial charge in [-0.25, -0.2) is 0 Å². The number of nitrogens with two attached hydrogens (primary N) is 1. The van der Waals surface area contributed by atoms with Gasteiger partial charge in [-0.2, -0.15) is 0 Å². The van der Waals surface area contributed by atoms with Crippen LogP contribution in [0.4, 0.5) is 0 Å². The average Bonchev–Trinajstić information content (AvgIpc) is 2.15. The maximum Gasteiger partial charge on any atom is 0.0735 e. The summed E-state index contributed by atoms with van der Waals surface area (Å²) >= 11 is 0. The highest BCUT2D eigenvalue weighted by Gasteiger charge is 2.17. The highest BCUT2D eigenvalue weighted by molar-refractivity contribution is 5.25. The number of hydrogen-bond acceptors (Lipinski definition) is 2. The van der Waals surface area contributed by atoms with Crippen LogP contribution in [0, 0.1) is 12.8 Å². The molecule has 0 bridgehead atoms. The maximum absolute atomic E-state index is 9.91. The molecule has 15 heavy (non-hydrogen) atoms. The summed E-state index contributed by atoms with van der Waals surface area (Å²) in [5, 5.41) is 9.91. The Kier molecular flexibility index (Phi) is 4.30. The molecule has 1 aromatic carbocycles.